The Kier molecular flexibility index (Phi) is 5.24. The fourth-order valence-electron chi connectivity index (χ4n) is 2.10. The summed E-state index contributed by atoms with van der Waals surface area (Å²) >= 11 is 12.1. The number of hydrogen-bond donors (Lipinski definition) is 0. The summed E-state index contributed by atoms with van der Waals surface area (Å²) in [6, 6.07) is 1.31. The molecule has 0 radical (unpaired) electrons. The van der Waals surface area contributed by atoms with Gasteiger partial charge in [-0.1, -0.05) is 23.2 Å². The largest absolute Gasteiger partial charge is 0.477 e. The lowest BCUT2D eigenvalue weighted by Gasteiger charge is -2.22. The van der Waals surface area contributed by atoms with E-state index in [1.165, 1.54) is 20.3 Å². The number of ether oxygens (including phenoxy) is 2. The maximum Gasteiger partial charge on any atom is 0.278 e. The van der Waals surface area contributed by atoms with E-state index in [2.05, 4.69) is 9.97 Å². The maximum atomic E-state index is 12.1. The smallest absolute Gasteiger partial charge is 0.278 e. The van der Waals surface area contributed by atoms with Crippen LogP contribution in [0.1, 0.15) is 0 Å². The third-order valence-corrected chi connectivity index (χ3v) is 6.91. The van der Waals surface area contributed by atoms with Gasteiger partial charge in [0.25, 0.3) is 11.8 Å². The minimum absolute atomic E-state index is 0.00426. The topological polar surface area (TPSA) is 116 Å². The Morgan fingerprint density at radius 2 is 1.44 bits per heavy atom. The van der Waals surface area contributed by atoms with Gasteiger partial charge in [0, 0.05) is 0 Å². The molecule has 13 heteroatoms. The molecule has 0 saturated carbocycles. The molecule has 1 aromatic carbocycles. The van der Waals surface area contributed by atoms with E-state index in [9.17, 15) is 16.8 Å². The molecule has 138 valence electrons. The number of sulfonamides is 2. The predicted octanol–water partition coefficient (Wildman–Crippen LogP) is 1.68. The summed E-state index contributed by atoms with van der Waals surface area (Å²) < 4.78 is 58.6. The van der Waals surface area contributed by atoms with E-state index in [1.807, 2.05) is 0 Å². The predicted molar refractivity (Wildman–Crippen MR) is 94.8 cm³/mol. The summed E-state index contributed by atoms with van der Waals surface area (Å²) in [5.74, 6) is -0.0822. The minimum atomic E-state index is -4.28. The molecule has 0 aliphatic heterocycles. The number of aromatic nitrogens is 2. The summed E-state index contributed by atoms with van der Waals surface area (Å²) in [6.07, 6.45) is 1.43. The summed E-state index contributed by atoms with van der Waals surface area (Å²) in [7, 11) is -5.94. The highest BCUT2D eigenvalue weighted by Gasteiger charge is 2.33. The van der Waals surface area contributed by atoms with Crippen molar-refractivity contribution in [2.75, 3.05) is 30.4 Å². The first kappa shape index (κ1) is 19.8. The van der Waals surface area contributed by atoms with Crippen molar-refractivity contribution in [3.8, 4) is 11.8 Å². The Morgan fingerprint density at radius 1 is 0.960 bits per heavy atom. The summed E-state index contributed by atoms with van der Waals surface area (Å²) in [5.41, 5.74) is -0.509. The maximum absolute atomic E-state index is 12.1. The van der Waals surface area contributed by atoms with Gasteiger partial charge in [-0.25, -0.2) is 26.8 Å². The SMILES string of the molecule is COc1nc2cc(Cl)c(Cl)c(N(S(C)(=O)=O)S(C)(=O)=O)c2nc1OC. The zero-order valence-corrected chi connectivity index (χ0v) is 16.6. The van der Waals surface area contributed by atoms with Gasteiger partial charge in [-0.2, -0.15) is 3.71 Å². The van der Waals surface area contributed by atoms with E-state index in [0.717, 1.165) is 0 Å². The molecule has 1 aromatic heterocycles. The van der Waals surface area contributed by atoms with Crippen LogP contribution in [0.15, 0.2) is 6.07 Å². The molecule has 2 rings (SSSR count). The lowest BCUT2D eigenvalue weighted by atomic mass is 10.2. The highest BCUT2D eigenvalue weighted by atomic mass is 35.5. The van der Waals surface area contributed by atoms with Crippen LogP contribution in [-0.4, -0.2) is 53.5 Å². The number of hydrogen-bond acceptors (Lipinski definition) is 8. The van der Waals surface area contributed by atoms with Gasteiger partial charge in [0.15, 0.2) is 0 Å². The lowest BCUT2D eigenvalue weighted by Crippen LogP contribution is -2.35. The Bertz CT molecular complexity index is 1020. The van der Waals surface area contributed by atoms with Gasteiger partial charge >= 0.3 is 0 Å². The molecular formula is C12H13Cl2N3O6S2. The van der Waals surface area contributed by atoms with E-state index >= 15 is 0 Å². The molecule has 0 fully saturated rings. The molecule has 25 heavy (non-hydrogen) atoms. The number of benzene rings is 1. The highest BCUT2D eigenvalue weighted by Crippen LogP contribution is 2.42. The zero-order chi connectivity index (χ0) is 19.2. The summed E-state index contributed by atoms with van der Waals surface area (Å²) in [6.45, 7) is 0. The van der Waals surface area contributed by atoms with E-state index < -0.39 is 25.7 Å². The van der Waals surface area contributed by atoms with E-state index in [-0.39, 0.29) is 36.5 Å². The average molecular weight is 430 g/mol. The molecule has 1 heterocycles. The number of nitrogens with zero attached hydrogens (tertiary/aromatic N) is 3. The fourth-order valence-corrected chi connectivity index (χ4v) is 5.61. The molecule has 0 bridgehead atoms. The number of anilines is 1. The molecule has 0 aliphatic rings. The number of methoxy groups -OCH3 is 2. The summed E-state index contributed by atoms with van der Waals surface area (Å²) in [5, 5.41) is -0.422. The Labute approximate surface area is 154 Å². The molecule has 0 aliphatic carbocycles. The van der Waals surface area contributed by atoms with Crippen molar-refractivity contribution < 1.29 is 26.3 Å². The van der Waals surface area contributed by atoms with Crippen LogP contribution in [0.3, 0.4) is 0 Å². The van der Waals surface area contributed by atoms with Crippen molar-refractivity contribution in [2.45, 2.75) is 0 Å². The van der Waals surface area contributed by atoms with Crippen LogP contribution in [0.5, 0.6) is 11.8 Å². The molecule has 0 atom stereocenters. The molecule has 0 N–H and O–H groups in total. The van der Waals surface area contributed by atoms with Crippen molar-refractivity contribution in [3.63, 3.8) is 0 Å². The standard InChI is InChI=1S/C12H13Cl2N3O6S2/c1-22-11-12(23-2)16-9-7(15-11)5-6(13)8(14)10(9)17(24(3,18)19)25(4,20)21/h5H,1-4H3. The average Bonchev–Trinajstić information content (AvgIpc) is 2.47. The molecule has 0 spiro atoms. The third-order valence-electron chi connectivity index (χ3n) is 2.94. The van der Waals surface area contributed by atoms with Crippen molar-refractivity contribution >= 4 is 60.0 Å². The number of fused-ring (bicyclic) bond motifs is 1. The zero-order valence-electron chi connectivity index (χ0n) is 13.4. The van der Waals surface area contributed by atoms with Crippen molar-refractivity contribution in [3.05, 3.63) is 16.1 Å². The van der Waals surface area contributed by atoms with Gasteiger partial charge in [0.1, 0.15) is 11.2 Å². The number of halogens is 2. The molecule has 0 amide bonds. The van der Waals surface area contributed by atoms with E-state index in [1.54, 1.807) is 0 Å². The first-order valence-electron chi connectivity index (χ1n) is 6.40. The second-order valence-corrected chi connectivity index (χ2v) is 9.53. The van der Waals surface area contributed by atoms with Crippen molar-refractivity contribution in [2.24, 2.45) is 0 Å². The van der Waals surface area contributed by atoms with Gasteiger partial charge in [0.2, 0.25) is 20.0 Å². The van der Waals surface area contributed by atoms with Crippen LogP contribution in [0.2, 0.25) is 10.0 Å². The minimum Gasteiger partial charge on any atom is -0.477 e. The number of rotatable bonds is 5. The van der Waals surface area contributed by atoms with Gasteiger partial charge < -0.3 is 9.47 Å². The van der Waals surface area contributed by atoms with Crippen LogP contribution in [0.4, 0.5) is 5.69 Å². The Balaban J connectivity index is 3.07. The van der Waals surface area contributed by atoms with Crippen molar-refractivity contribution in [1.82, 2.24) is 9.97 Å². The van der Waals surface area contributed by atoms with Crippen molar-refractivity contribution in [1.29, 1.82) is 0 Å². The van der Waals surface area contributed by atoms with Crippen LogP contribution in [0, 0.1) is 0 Å². The fraction of sp³-hybridized carbons (Fsp3) is 0.333. The second kappa shape index (κ2) is 6.63. The molecule has 2 aromatic rings. The van der Waals surface area contributed by atoms with E-state index in [0.29, 0.717) is 12.5 Å². The highest BCUT2D eigenvalue weighted by molar-refractivity contribution is 8.09. The van der Waals surface area contributed by atoms with Gasteiger partial charge in [0.05, 0.1) is 42.3 Å². The first-order valence-corrected chi connectivity index (χ1v) is 10.8. The summed E-state index contributed by atoms with van der Waals surface area (Å²) in [4.78, 5) is 8.20. The quantitative estimate of drug-likeness (QED) is 0.704. The monoisotopic (exact) mass is 429 g/mol. The van der Waals surface area contributed by atoms with Crippen LogP contribution < -0.4 is 13.2 Å². The van der Waals surface area contributed by atoms with Gasteiger partial charge in [-0.05, 0) is 6.07 Å². The van der Waals surface area contributed by atoms with E-state index in [4.69, 9.17) is 32.7 Å². The third kappa shape index (κ3) is 3.68. The first-order chi connectivity index (χ1) is 11.4. The Morgan fingerprint density at radius 3 is 1.88 bits per heavy atom. The molecule has 0 unspecified atom stereocenters. The second-order valence-electron chi connectivity index (χ2n) is 4.85. The Hall–Kier alpha value is -1.56. The normalized spacial score (nSPS) is 12.2. The van der Waals surface area contributed by atoms with Gasteiger partial charge in [-0.15, -0.1) is 0 Å². The van der Waals surface area contributed by atoms with Crippen LogP contribution >= 0.6 is 23.2 Å². The molecular weight excluding hydrogens is 417 g/mol. The molecule has 9 nitrogen and oxygen atoms in total. The molecule has 0 saturated heterocycles. The van der Waals surface area contributed by atoms with Crippen LogP contribution in [-0.2, 0) is 20.0 Å². The van der Waals surface area contributed by atoms with Crippen LogP contribution in [0.25, 0.3) is 11.0 Å². The van der Waals surface area contributed by atoms with Gasteiger partial charge in [-0.3, -0.25) is 0 Å². The lowest BCUT2D eigenvalue weighted by molar-refractivity contribution is 0.334.